The van der Waals surface area contributed by atoms with Crippen LogP contribution in [-0.4, -0.2) is 37.1 Å². The lowest BCUT2D eigenvalue weighted by atomic mass is 10.2. The van der Waals surface area contributed by atoms with Crippen molar-refractivity contribution < 1.29 is 9.53 Å². The Kier molecular flexibility index (Phi) is 6.61. The lowest BCUT2D eigenvalue weighted by molar-refractivity contribution is 0.0950. The number of rotatable bonds is 8. The average molecular weight is 327 g/mol. The van der Waals surface area contributed by atoms with Gasteiger partial charge in [0.25, 0.3) is 5.91 Å². The Bertz CT molecular complexity index is 673. The van der Waals surface area contributed by atoms with Crippen LogP contribution in [0.25, 0.3) is 0 Å². The number of carbonyl (C=O) groups excluding carboxylic acids is 1. The molecule has 0 radical (unpaired) electrons. The van der Waals surface area contributed by atoms with Crippen molar-refractivity contribution >= 4 is 11.6 Å². The molecule has 0 unspecified atom stereocenters. The topological polar surface area (TPSA) is 54.5 Å². The second-order valence-corrected chi connectivity index (χ2v) is 5.46. The summed E-state index contributed by atoms with van der Waals surface area (Å²) in [4.78, 5) is 18.7. The minimum atomic E-state index is -0.160. The first-order valence-electron chi connectivity index (χ1n) is 8.33. The number of nitrogens with one attached hydrogen (secondary N) is 1. The predicted molar refractivity (Wildman–Crippen MR) is 96.8 cm³/mol. The number of nitrogens with zero attached hydrogens (tertiary/aromatic N) is 2. The molecule has 0 aliphatic carbocycles. The van der Waals surface area contributed by atoms with Crippen molar-refractivity contribution in [2.75, 3.05) is 31.1 Å². The third-order valence-corrected chi connectivity index (χ3v) is 3.71. The minimum absolute atomic E-state index is 0.160. The summed E-state index contributed by atoms with van der Waals surface area (Å²) in [5.41, 5.74) is 2.87. The van der Waals surface area contributed by atoms with Crippen LogP contribution in [0, 0.1) is 6.92 Å². The molecule has 0 fully saturated rings. The fourth-order valence-corrected chi connectivity index (χ4v) is 2.51. The van der Waals surface area contributed by atoms with E-state index in [0.29, 0.717) is 24.6 Å². The van der Waals surface area contributed by atoms with Crippen LogP contribution in [0.5, 0.6) is 5.88 Å². The summed E-state index contributed by atoms with van der Waals surface area (Å²) >= 11 is 0. The zero-order valence-corrected chi connectivity index (χ0v) is 14.6. The van der Waals surface area contributed by atoms with Crippen molar-refractivity contribution in [3.05, 3.63) is 53.7 Å². The van der Waals surface area contributed by atoms with Crippen LogP contribution < -0.4 is 15.0 Å². The standard InChI is InChI=1S/C19H25N3O2/c1-4-22(16-9-6-8-15(3)14-16)13-12-20-18(23)17-10-7-11-21-19(17)24-5-2/h6-11,14H,4-5,12-13H2,1-3H3,(H,20,23). The van der Waals surface area contributed by atoms with Crippen molar-refractivity contribution in [3.63, 3.8) is 0 Å². The van der Waals surface area contributed by atoms with Crippen LogP contribution in [0.4, 0.5) is 5.69 Å². The van der Waals surface area contributed by atoms with Crippen molar-refractivity contribution in [1.29, 1.82) is 0 Å². The molecule has 5 heteroatoms. The fourth-order valence-electron chi connectivity index (χ4n) is 2.51. The summed E-state index contributed by atoms with van der Waals surface area (Å²) < 4.78 is 5.41. The monoisotopic (exact) mass is 327 g/mol. The molecule has 1 amide bonds. The van der Waals surface area contributed by atoms with E-state index in [1.165, 1.54) is 11.3 Å². The smallest absolute Gasteiger partial charge is 0.256 e. The summed E-state index contributed by atoms with van der Waals surface area (Å²) in [5, 5.41) is 2.95. The quantitative estimate of drug-likeness (QED) is 0.810. The lowest BCUT2D eigenvalue weighted by Gasteiger charge is -2.23. The number of hydrogen-bond acceptors (Lipinski definition) is 4. The third-order valence-electron chi connectivity index (χ3n) is 3.71. The van der Waals surface area contributed by atoms with Crippen molar-refractivity contribution in [3.8, 4) is 5.88 Å². The second-order valence-electron chi connectivity index (χ2n) is 5.46. The number of aryl methyl sites for hydroxylation is 1. The van der Waals surface area contributed by atoms with Gasteiger partial charge < -0.3 is 15.0 Å². The van der Waals surface area contributed by atoms with Crippen LogP contribution >= 0.6 is 0 Å². The highest BCUT2D eigenvalue weighted by molar-refractivity contribution is 5.96. The summed E-state index contributed by atoms with van der Waals surface area (Å²) in [7, 11) is 0. The molecule has 0 atom stereocenters. The van der Waals surface area contributed by atoms with E-state index in [2.05, 4.69) is 53.3 Å². The molecule has 0 aliphatic heterocycles. The zero-order chi connectivity index (χ0) is 17.4. The molecular formula is C19H25N3O2. The third kappa shape index (κ3) is 4.72. The zero-order valence-electron chi connectivity index (χ0n) is 14.6. The Morgan fingerprint density at radius 3 is 2.79 bits per heavy atom. The maximum atomic E-state index is 12.4. The predicted octanol–water partition coefficient (Wildman–Crippen LogP) is 3.05. The maximum Gasteiger partial charge on any atom is 0.256 e. The van der Waals surface area contributed by atoms with Crippen LogP contribution in [0.1, 0.15) is 29.8 Å². The molecule has 0 aliphatic rings. The van der Waals surface area contributed by atoms with Gasteiger partial charge in [-0.25, -0.2) is 4.98 Å². The molecule has 1 heterocycles. The van der Waals surface area contributed by atoms with Gasteiger partial charge in [0, 0.05) is 31.5 Å². The number of carbonyl (C=O) groups is 1. The molecular weight excluding hydrogens is 302 g/mol. The Morgan fingerprint density at radius 1 is 1.25 bits per heavy atom. The molecule has 1 N–H and O–H groups in total. The van der Waals surface area contributed by atoms with Crippen LogP contribution in [0.2, 0.25) is 0 Å². The van der Waals surface area contributed by atoms with Gasteiger partial charge in [-0.05, 0) is 50.6 Å². The van der Waals surface area contributed by atoms with Crippen LogP contribution in [0.3, 0.4) is 0 Å². The van der Waals surface area contributed by atoms with Crippen molar-refractivity contribution in [1.82, 2.24) is 10.3 Å². The van der Waals surface area contributed by atoms with Gasteiger partial charge in [0.05, 0.1) is 6.61 Å². The highest BCUT2D eigenvalue weighted by Crippen LogP contribution is 2.16. The Hall–Kier alpha value is -2.56. The normalized spacial score (nSPS) is 10.3. The molecule has 1 aromatic carbocycles. The number of likely N-dealkylation sites (N-methyl/N-ethyl adjacent to an activating group) is 1. The van der Waals surface area contributed by atoms with Crippen molar-refractivity contribution in [2.45, 2.75) is 20.8 Å². The molecule has 0 saturated carbocycles. The molecule has 5 nitrogen and oxygen atoms in total. The first-order chi connectivity index (χ1) is 11.7. The van der Waals surface area contributed by atoms with E-state index in [-0.39, 0.29) is 5.91 Å². The molecule has 0 saturated heterocycles. The summed E-state index contributed by atoms with van der Waals surface area (Å²) in [5.74, 6) is 0.218. The van der Waals surface area contributed by atoms with Crippen LogP contribution in [0.15, 0.2) is 42.6 Å². The summed E-state index contributed by atoms with van der Waals surface area (Å²) in [6.45, 7) is 8.73. The largest absolute Gasteiger partial charge is 0.477 e. The van der Waals surface area contributed by atoms with E-state index in [4.69, 9.17) is 4.74 Å². The highest BCUT2D eigenvalue weighted by Gasteiger charge is 2.13. The maximum absolute atomic E-state index is 12.4. The molecule has 0 bridgehead atoms. The van der Waals surface area contributed by atoms with E-state index in [1.807, 2.05) is 6.92 Å². The molecule has 2 rings (SSSR count). The van der Waals surface area contributed by atoms with E-state index < -0.39 is 0 Å². The van der Waals surface area contributed by atoms with Gasteiger partial charge >= 0.3 is 0 Å². The van der Waals surface area contributed by atoms with Crippen LogP contribution in [-0.2, 0) is 0 Å². The van der Waals surface area contributed by atoms with Crippen molar-refractivity contribution in [2.24, 2.45) is 0 Å². The number of benzene rings is 1. The minimum Gasteiger partial charge on any atom is -0.477 e. The first-order valence-corrected chi connectivity index (χ1v) is 8.33. The lowest BCUT2D eigenvalue weighted by Crippen LogP contribution is -2.35. The van der Waals surface area contributed by atoms with E-state index in [1.54, 1.807) is 18.3 Å². The molecule has 24 heavy (non-hydrogen) atoms. The molecule has 128 valence electrons. The Morgan fingerprint density at radius 2 is 2.08 bits per heavy atom. The van der Waals surface area contributed by atoms with Gasteiger partial charge in [0.1, 0.15) is 5.56 Å². The summed E-state index contributed by atoms with van der Waals surface area (Å²) in [6, 6.07) is 11.8. The van der Waals surface area contributed by atoms with E-state index in [0.717, 1.165) is 13.1 Å². The van der Waals surface area contributed by atoms with Gasteiger partial charge in [-0.15, -0.1) is 0 Å². The number of aromatic nitrogens is 1. The number of anilines is 1. The van der Waals surface area contributed by atoms with Gasteiger partial charge in [-0.3, -0.25) is 4.79 Å². The number of pyridine rings is 1. The van der Waals surface area contributed by atoms with Gasteiger partial charge in [0.15, 0.2) is 0 Å². The fraction of sp³-hybridized carbons (Fsp3) is 0.368. The SMILES string of the molecule is CCOc1ncccc1C(=O)NCCN(CC)c1cccc(C)c1. The van der Waals surface area contributed by atoms with Gasteiger partial charge in [-0.2, -0.15) is 0 Å². The summed E-state index contributed by atoms with van der Waals surface area (Å²) in [6.07, 6.45) is 1.62. The van der Waals surface area contributed by atoms with E-state index >= 15 is 0 Å². The highest BCUT2D eigenvalue weighted by atomic mass is 16.5. The second kappa shape index (κ2) is 8.91. The molecule has 2 aromatic rings. The Balaban J connectivity index is 1.94. The molecule has 1 aromatic heterocycles. The van der Waals surface area contributed by atoms with Gasteiger partial charge in [-0.1, -0.05) is 12.1 Å². The number of hydrogen-bond donors (Lipinski definition) is 1. The van der Waals surface area contributed by atoms with Gasteiger partial charge in [0.2, 0.25) is 5.88 Å². The first kappa shape index (κ1) is 17.8. The number of amides is 1. The average Bonchev–Trinajstić information content (AvgIpc) is 2.59. The Labute approximate surface area is 143 Å². The molecule has 0 spiro atoms. The van der Waals surface area contributed by atoms with E-state index in [9.17, 15) is 4.79 Å². The number of ether oxygens (including phenoxy) is 1.